The van der Waals surface area contributed by atoms with Crippen LogP contribution in [0.5, 0.6) is 0 Å². The van der Waals surface area contributed by atoms with Crippen LogP contribution in [0.2, 0.25) is 0 Å². The minimum absolute atomic E-state index is 0.260. The Morgan fingerprint density at radius 3 is 2.64 bits per heavy atom. The van der Waals surface area contributed by atoms with E-state index in [1.165, 1.54) is 12.5 Å². The van der Waals surface area contributed by atoms with Crippen molar-refractivity contribution < 1.29 is 0 Å². The molecule has 14 heavy (non-hydrogen) atoms. The predicted molar refractivity (Wildman–Crippen MR) is 51.1 cm³/mol. The molecule has 3 saturated carbocycles. The molecule has 0 aliphatic heterocycles. The zero-order valence-electron chi connectivity index (χ0n) is 7.93. The van der Waals surface area contributed by atoms with E-state index in [4.69, 9.17) is 0 Å². The molecule has 2 atom stereocenters. The van der Waals surface area contributed by atoms with Crippen LogP contribution in [0.3, 0.4) is 0 Å². The van der Waals surface area contributed by atoms with E-state index in [-0.39, 0.29) is 11.2 Å². The second kappa shape index (κ2) is 2.38. The summed E-state index contributed by atoms with van der Waals surface area (Å²) in [5.41, 5.74) is -0.573. The minimum Gasteiger partial charge on any atom is -0.297 e. The number of nitrogens with zero attached hydrogens (tertiary/aromatic N) is 1. The van der Waals surface area contributed by atoms with Crippen molar-refractivity contribution in [3.8, 4) is 0 Å². The third-order valence-corrected chi connectivity index (χ3v) is 3.94. The van der Waals surface area contributed by atoms with Gasteiger partial charge in [0.1, 0.15) is 0 Å². The highest BCUT2D eigenvalue weighted by atomic mass is 16.2. The van der Waals surface area contributed by atoms with Gasteiger partial charge in [-0.3, -0.25) is 14.3 Å². The molecule has 0 spiro atoms. The molecule has 4 heteroatoms. The molecule has 1 N–H and O–H groups in total. The monoisotopic (exact) mass is 192 g/mol. The molecular formula is C10H12N2O2. The number of rotatable bonds is 1. The van der Waals surface area contributed by atoms with E-state index < -0.39 is 0 Å². The average molecular weight is 192 g/mol. The first-order chi connectivity index (χ1) is 6.68. The molecule has 1 aromatic rings. The molecule has 3 aliphatic carbocycles. The average Bonchev–Trinajstić information content (AvgIpc) is 2.06. The lowest BCUT2D eigenvalue weighted by Gasteiger charge is -2.63. The van der Waals surface area contributed by atoms with Crippen LogP contribution in [-0.2, 0) is 0 Å². The third kappa shape index (κ3) is 0.786. The fourth-order valence-corrected chi connectivity index (χ4v) is 2.82. The molecule has 3 fully saturated rings. The number of aromatic amines is 1. The van der Waals surface area contributed by atoms with Gasteiger partial charge >= 0.3 is 5.69 Å². The fraction of sp³-hybridized carbons (Fsp3) is 0.600. The minimum atomic E-state index is -0.313. The molecule has 0 radical (unpaired) electrons. The largest absolute Gasteiger partial charge is 0.328 e. The van der Waals surface area contributed by atoms with Gasteiger partial charge < -0.3 is 0 Å². The van der Waals surface area contributed by atoms with Crippen LogP contribution in [0, 0.1) is 17.8 Å². The summed E-state index contributed by atoms with van der Waals surface area (Å²) in [6, 6.07) is 1.78. The number of hydrogen-bond acceptors (Lipinski definition) is 2. The van der Waals surface area contributed by atoms with Gasteiger partial charge in [0, 0.05) is 18.3 Å². The fourth-order valence-electron chi connectivity index (χ4n) is 2.82. The lowest BCUT2D eigenvalue weighted by molar-refractivity contribution is -0.141. The Labute approximate surface area is 80.6 Å². The van der Waals surface area contributed by atoms with Crippen molar-refractivity contribution in [2.24, 2.45) is 17.8 Å². The van der Waals surface area contributed by atoms with Gasteiger partial charge in [-0.05, 0) is 24.2 Å². The van der Waals surface area contributed by atoms with Gasteiger partial charge in [-0.25, -0.2) is 4.79 Å². The summed E-state index contributed by atoms with van der Waals surface area (Å²) in [7, 11) is 0. The van der Waals surface area contributed by atoms with E-state index in [0.29, 0.717) is 17.9 Å². The molecule has 0 aromatic carbocycles. The summed E-state index contributed by atoms with van der Waals surface area (Å²) in [5, 5.41) is 0. The Morgan fingerprint density at radius 1 is 1.43 bits per heavy atom. The van der Waals surface area contributed by atoms with Crippen molar-refractivity contribution in [2.75, 3.05) is 0 Å². The quantitative estimate of drug-likeness (QED) is 0.698. The van der Waals surface area contributed by atoms with Gasteiger partial charge in [0.05, 0.1) is 0 Å². The molecule has 2 bridgehead atoms. The highest BCUT2D eigenvalue weighted by Gasteiger charge is 2.59. The Morgan fingerprint density at radius 2 is 2.14 bits per heavy atom. The van der Waals surface area contributed by atoms with Gasteiger partial charge in [-0.2, -0.15) is 0 Å². The second-order valence-electron chi connectivity index (χ2n) is 4.43. The topological polar surface area (TPSA) is 54.9 Å². The summed E-state index contributed by atoms with van der Waals surface area (Å²) in [6.45, 7) is 2.23. The number of H-pyrrole nitrogens is 1. The van der Waals surface area contributed by atoms with Crippen LogP contribution >= 0.6 is 0 Å². The predicted octanol–water partition coefficient (Wildman–Crippen LogP) is 0.363. The lowest BCUT2D eigenvalue weighted by atomic mass is 9.45. The van der Waals surface area contributed by atoms with Crippen molar-refractivity contribution >= 4 is 0 Å². The van der Waals surface area contributed by atoms with Gasteiger partial charge in [-0.1, -0.05) is 6.92 Å². The van der Waals surface area contributed by atoms with Crippen molar-refractivity contribution in [3.05, 3.63) is 33.1 Å². The highest BCUT2D eigenvalue weighted by molar-refractivity contribution is 5.10. The smallest absolute Gasteiger partial charge is 0.297 e. The Hall–Kier alpha value is -1.32. The van der Waals surface area contributed by atoms with Crippen molar-refractivity contribution in [3.63, 3.8) is 0 Å². The van der Waals surface area contributed by atoms with Crippen LogP contribution in [0.25, 0.3) is 0 Å². The molecule has 1 aromatic heterocycles. The van der Waals surface area contributed by atoms with E-state index in [2.05, 4.69) is 11.9 Å². The standard InChI is InChI=1S/C10H12N2O2/c1-5-6-4-7(5)9(6)12-3-2-8(13)11-10(12)14/h2-3,5-7,9H,4H2,1H3,(H,11,13,14). The summed E-state index contributed by atoms with van der Waals surface area (Å²) in [6.07, 6.45) is 2.87. The summed E-state index contributed by atoms with van der Waals surface area (Å²) in [4.78, 5) is 24.6. The third-order valence-electron chi connectivity index (χ3n) is 3.94. The van der Waals surface area contributed by atoms with Gasteiger partial charge in [0.15, 0.2) is 0 Å². The zero-order chi connectivity index (χ0) is 9.87. The maximum absolute atomic E-state index is 11.5. The molecule has 4 rings (SSSR count). The first-order valence-electron chi connectivity index (χ1n) is 5.00. The van der Waals surface area contributed by atoms with Gasteiger partial charge in [0.25, 0.3) is 5.56 Å². The van der Waals surface area contributed by atoms with Crippen LogP contribution < -0.4 is 11.2 Å². The van der Waals surface area contributed by atoms with E-state index in [1.807, 2.05) is 0 Å². The van der Waals surface area contributed by atoms with Crippen molar-refractivity contribution in [2.45, 2.75) is 19.4 Å². The van der Waals surface area contributed by atoms with E-state index in [0.717, 1.165) is 5.92 Å². The van der Waals surface area contributed by atoms with Crippen molar-refractivity contribution in [1.29, 1.82) is 0 Å². The van der Waals surface area contributed by atoms with Crippen LogP contribution in [0.1, 0.15) is 19.4 Å². The zero-order valence-corrected chi connectivity index (χ0v) is 7.93. The number of nitrogens with one attached hydrogen (secondary N) is 1. The molecular weight excluding hydrogens is 180 g/mol. The normalized spacial score (nSPS) is 38.6. The number of hydrogen-bond donors (Lipinski definition) is 1. The van der Waals surface area contributed by atoms with E-state index in [1.54, 1.807) is 10.8 Å². The van der Waals surface area contributed by atoms with Crippen LogP contribution in [-0.4, -0.2) is 9.55 Å². The molecule has 1 heterocycles. The Bertz CT molecular complexity index is 477. The van der Waals surface area contributed by atoms with Gasteiger partial charge in [-0.15, -0.1) is 0 Å². The number of aromatic nitrogens is 2. The maximum atomic E-state index is 11.5. The highest BCUT2D eigenvalue weighted by Crippen LogP contribution is 2.64. The second-order valence-corrected chi connectivity index (χ2v) is 4.43. The Balaban J connectivity index is 1.99. The first kappa shape index (κ1) is 8.03. The first-order valence-corrected chi connectivity index (χ1v) is 5.00. The molecule has 3 aliphatic rings. The molecule has 74 valence electrons. The van der Waals surface area contributed by atoms with Gasteiger partial charge in [0.2, 0.25) is 0 Å². The van der Waals surface area contributed by atoms with E-state index >= 15 is 0 Å². The Kier molecular flexibility index (Phi) is 1.36. The van der Waals surface area contributed by atoms with E-state index in [9.17, 15) is 9.59 Å². The van der Waals surface area contributed by atoms with Crippen LogP contribution in [0.4, 0.5) is 0 Å². The van der Waals surface area contributed by atoms with Crippen LogP contribution in [0.15, 0.2) is 21.9 Å². The molecule has 4 nitrogen and oxygen atoms in total. The van der Waals surface area contributed by atoms with Crippen molar-refractivity contribution in [1.82, 2.24) is 9.55 Å². The SMILES string of the molecule is CC1C2CC1C2n1ccc(=O)[nH]c1=O. The molecule has 0 saturated heterocycles. The summed E-state index contributed by atoms with van der Waals surface area (Å²) < 4.78 is 1.68. The lowest BCUT2D eigenvalue weighted by Crippen LogP contribution is -2.60. The maximum Gasteiger partial charge on any atom is 0.328 e. The molecule has 0 amide bonds. The summed E-state index contributed by atoms with van der Waals surface area (Å²) in [5.74, 6) is 2.08. The molecule has 2 unspecified atom stereocenters. The summed E-state index contributed by atoms with van der Waals surface area (Å²) >= 11 is 0.